The smallest absolute Gasteiger partial charge is 0.180 e. The highest BCUT2D eigenvalue weighted by Gasteiger charge is 1.63. The normalized spacial score (nSPS) is 8.75. The van der Waals surface area contributed by atoms with Crippen LogP contribution >= 0.6 is 0 Å². The minimum atomic E-state index is -0.204. The molecule has 0 rings (SSSR count). The van der Waals surface area contributed by atoms with Crippen LogP contribution in [0, 0.1) is 0 Å². The average molecular weight is 55.9 g/mol. The van der Waals surface area contributed by atoms with E-state index in [4.69, 9.17) is 1.34 Å². The number of carbonyl (C=O) groups is 1. The van der Waals surface area contributed by atoms with Gasteiger partial charge in [0.2, 0.25) is 0 Å². The molecule has 0 amide bonds. The molecule has 0 saturated carbocycles. The summed E-state index contributed by atoms with van der Waals surface area (Å²) in [7, 11) is 0.778. The van der Waals surface area contributed by atoms with E-state index in [1.807, 2.05) is 0 Å². The van der Waals surface area contributed by atoms with E-state index in [2.05, 4.69) is 0 Å². The summed E-state index contributed by atoms with van der Waals surface area (Å²) in [5, 5.41) is 0. The van der Waals surface area contributed by atoms with Crippen molar-refractivity contribution in [1.29, 1.82) is 1.34 Å². The van der Waals surface area contributed by atoms with E-state index in [1.54, 1.807) is 0 Å². The van der Waals surface area contributed by atoms with Crippen LogP contribution < -0.4 is 0 Å². The molecule has 1 radical (unpaired) electrons. The van der Waals surface area contributed by atoms with Gasteiger partial charge in [-0.25, -0.2) is 0 Å². The van der Waals surface area contributed by atoms with Gasteiger partial charge in [0, 0.05) is 0 Å². The third-order valence-corrected chi connectivity index (χ3v) is 0. The molecule has 0 aliphatic heterocycles. The first kappa shape index (κ1) is 2.00. The van der Waals surface area contributed by atoms with Crippen molar-refractivity contribution in [3.63, 3.8) is 0 Å². The molecule has 21 valence electrons. The van der Waals surface area contributed by atoms with Crippen molar-refractivity contribution < 1.29 is 4.79 Å². The number of carbonyl (C=O) groups excluding carboxylic acids is 1. The maximum absolute atomic E-state index is 9.57. The molecule has 0 aromatic rings. The maximum Gasteiger partial charge on any atom is 0.180 e. The highest BCUT2D eigenvalue weighted by molar-refractivity contribution is 6.56. The van der Waals surface area contributed by atoms with Gasteiger partial charge < -0.3 is 4.79 Å². The standard InChI is InChI=1S/C2H4BO/c1-2(3)4/h3H,1H3/i3D. The summed E-state index contributed by atoms with van der Waals surface area (Å²) in [5.41, 5.74) is -0.204. The Morgan fingerprint density at radius 1 is 2.50 bits per heavy atom. The lowest BCUT2D eigenvalue weighted by Crippen LogP contribution is -1.80. The highest BCUT2D eigenvalue weighted by Crippen LogP contribution is 1.40. The summed E-state index contributed by atoms with van der Waals surface area (Å²) in [5.74, 6) is 0. The first-order valence-corrected chi connectivity index (χ1v) is 0.993. The lowest BCUT2D eigenvalue weighted by molar-refractivity contribution is -0.109. The molecule has 0 heterocycles. The molecular weight excluding hydrogens is 50.8 g/mol. The van der Waals surface area contributed by atoms with Gasteiger partial charge >= 0.3 is 0 Å². The van der Waals surface area contributed by atoms with E-state index in [-0.39, 0.29) is 5.68 Å². The Bertz CT molecular complexity index is 44.9. The molecule has 0 aliphatic carbocycles. The Morgan fingerprint density at radius 3 is 2.75 bits per heavy atom. The molecule has 0 unspecified atom stereocenters. The molecule has 1 nitrogen and oxygen atoms in total. The molecular formula is C2H4BO. The van der Waals surface area contributed by atoms with Gasteiger partial charge in [-0.15, -0.1) is 0 Å². The van der Waals surface area contributed by atoms with E-state index in [9.17, 15) is 4.79 Å². The van der Waals surface area contributed by atoms with Gasteiger partial charge in [0.1, 0.15) is 0 Å². The third-order valence-electron chi connectivity index (χ3n) is 0. The van der Waals surface area contributed by atoms with Crippen molar-refractivity contribution >= 4 is 13.5 Å². The van der Waals surface area contributed by atoms with Crippen LogP contribution in [0.4, 0.5) is 0 Å². The highest BCUT2D eigenvalue weighted by atomic mass is 16.1. The van der Waals surface area contributed by atoms with E-state index in [0.717, 1.165) is 7.81 Å². The zero-order valence-electron chi connectivity index (χ0n) is 3.49. The molecule has 0 fully saturated rings. The summed E-state index contributed by atoms with van der Waals surface area (Å²) in [6, 6.07) is 0. The second kappa shape index (κ2) is 1.10. The largest absolute Gasteiger partial charge is 0.313 e. The van der Waals surface area contributed by atoms with E-state index < -0.39 is 0 Å². The molecule has 0 aliphatic rings. The van der Waals surface area contributed by atoms with Crippen molar-refractivity contribution in [3.05, 3.63) is 0 Å². The predicted octanol–water partition coefficient (Wildman–Crippen LogP) is -0.566. The predicted molar refractivity (Wildman–Crippen MR) is 17.8 cm³/mol. The Hall–Kier alpha value is -0.265. The fraction of sp³-hybridized carbons (Fsp3) is 0.500. The number of hydrogen-bond donors (Lipinski definition) is 0. The molecule has 0 atom stereocenters. The van der Waals surface area contributed by atoms with Gasteiger partial charge in [-0.05, 0) is 8.26 Å². The third kappa shape index (κ3) is 13.3. The fourth-order valence-corrected chi connectivity index (χ4v) is 0. The molecule has 0 spiro atoms. The summed E-state index contributed by atoms with van der Waals surface area (Å²) < 4.78 is 6.18. The second-order valence-corrected chi connectivity index (χ2v) is 0.611. The topological polar surface area (TPSA) is 17.1 Å². The first-order valence-electron chi connectivity index (χ1n) is 1.57. The van der Waals surface area contributed by atoms with Gasteiger partial charge in [0.25, 0.3) is 0 Å². The van der Waals surface area contributed by atoms with Crippen molar-refractivity contribution in [2.75, 3.05) is 0 Å². The summed E-state index contributed by atoms with van der Waals surface area (Å²) in [4.78, 5) is 9.57. The lowest BCUT2D eigenvalue weighted by atomic mass is 10.1. The quantitative estimate of drug-likeness (QED) is 0.368. The molecule has 2 heteroatoms. The minimum absolute atomic E-state index is 0.204. The van der Waals surface area contributed by atoms with Crippen molar-refractivity contribution in [1.82, 2.24) is 0 Å². The minimum Gasteiger partial charge on any atom is -0.313 e. The van der Waals surface area contributed by atoms with E-state index in [0.29, 0.717) is 0 Å². The summed E-state index contributed by atoms with van der Waals surface area (Å²) in [6.45, 7) is 1.34. The van der Waals surface area contributed by atoms with Crippen molar-refractivity contribution in [3.8, 4) is 0 Å². The van der Waals surface area contributed by atoms with Crippen LogP contribution in [0.5, 0.6) is 0 Å². The van der Waals surface area contributed by atoms with Gasteiger partial charge in [-0.1, -0.05) is 0 Å². The number of rotatable bonds is 1. The molecule has 4 heavy (non-hydrogen) atoms. The van der Waals surface area contributed by atoms with Crippen LogP contribution in [0.25, 0.3) is 0 Å². The van der Waals surface area contributed by atoms with Crippen LogP contribution in [0.1, 0.15) is 6.92 Å². The molecule has 0 aromatic carbocycles. The van der Waals surface area contributed by atoms with Crippen LogP contribution in [-0.4, -0.2) is 14.8 Å². The van der Waals surface area contributed by atoms with Gasteiger partial charge in [0.05, 0.1) is 5.68 Å². The lowest BCUT2D eigenvalue weighted by Gasteiger charge is -1.55. The zero-order valence-corrected chi connectivity index (χ0v) is 2.49. The van der Waals surface area contributed by atoms with E-state index in [1.165, 1.54) is 6.92 Å². The average Bonchev–Trinajstić information content (AvgIpc) is 1.38. The zero-order chi connectivity index (χ0) is 4.28. The number of hydrogen-bond acceptors (Lipinski definition) is 1. The summed E-state index contributed by atoms with van der Waals surface area (Å²) >= 11 is 0. The molecule has 0 saturated heterocycles. The van der Waals surface area contributed by atoms with Crippen LogP contribution in [0.15, 0.2) is 0 Å². The molecule has 0 bridgehead atoms. The molecule has 0 aromatic heterocycles. The van der Waals surface area contributed by atoms with Crippen LogP contribution in [0.3, 0.4) is 0 Å². The Balaban J connectivity index is 2.85. The van der Waals surface area contributed by atoms with Gasteiger partial charge in [-0.3, -0.25) is 0 Å². The van der Waals surface area contributed by atoms with Gasteiger partial charge in [0.15, 0.2) is 7.81 Å². The van der Waals surface area contributed by atoms with Crippen LogP contribution in [-0.2, 0) is 4.79 Å². The SMILES string of the molecule is [2H][B]C(C)=O. The van der Waals surface area contributed by atoms with Crippen LogP contribution in [0.2, 0.25) is 0 Å². The van der Waals surface area contributed by atoms with Crippen molar-refractivity contribution in [2.24, 2.45) is 0 Å². The monoisotopic (exact) mass is 56.0 g/mol. The first-order chi connectivity index (χ1) is 2.27. The summed E-state index contributed by atoms with van der Waals surface area (Å²) in [6.07, 6.45) is 0. The Morgan fingerprint density at radius 2 is 2.75 bits per heavy atom. The van der Waals surface area contributed by atoms with Crippen molar-refractivity contribution in [2.45, 2.75) is 6.92 Å². The molecule has 0 N–H and O–H groups in total. The Labute approximate surface area is 27.8 Å². The Kier molecular flexibility index (Phi) is 0.551. The van der Waals surface area contributed by atoms with Gasteiger partial charge in [-0.2, -0.15) is 0 Å². The second-order valence-electron chi connectivity index (χ2n) is 0.611. The van der Waals surface area contributed by atoms with E-state index >= 15 is 0 Å². The maximum atomic E-state index is 9.57. The fourth-order valence-electron chi connectivity index (χ4n) is 0.